The average Bonchev–Trinajstić information content (AvgIpc) is 2.03. The monoisotopic (exact) mass is 210 g/mol. The number of guanidine groups is 1. The van der Waals surface area contributed by atoms with E-state index >= 15 is 0 Å². The molecule has 0 aliphatic heterocycles. The van der Waals surface area contributed by atoms with Crippen LogP contribution in [0.2, 0.25) is 0 Å². The number of rotatable bonds is 3. The van der Waals surface area contributed by atoms with Gasteiger partial charge in [-0.05, 0) is 31.3 Å². The van der Waals surface area contributed by atoms with Gasteiger partial charge in [0.25, 0.3) is 0 Å². The Balaban J connectivity index is 4.46. The summed E-state index contributed by atoms with van der Waals surface area (Å²) in [6.45, 7) is 5.46. The largest absolute Gasteiger partial charge is 0.370 e. The van der Waals surface area contributed by atoms with Crippen molar-refractivity contribution in [2.24, 2.45) is 16.5 Å². The smallest absolute Gasteiger partial charge is 0.200 e. The molecule has 0 spiro atoms. The van der Waals surface area contributed by atoms with Crippen LogP contribution in [0.4, 0.5) is 0 Å². The lowest BCUT2D eigenvalue weighted by Gasteiger charge is -2.03. The molecule has 0 aromatic heterocycles. The van der Waals surface area contributed by atoms with E-state index in [-0.39, 0.29) is 11.1 Å². The zero-order valence-electron chi connectivity index (χ0n) is 8.03. The highest BCUT2D eigenvalue weighted by atomic mass is 32.1. The molecule has 14 heavy (non-hydrogen) atoms. The maximum absolute atomic E-state index is 5.16. The van der Waals surface area contributed by atoms with E-state index < -0.39 is 0 Å². The van der Waals surface area contributed by atoms with Crippen LogP contribution in [0.15, 0.2) is 41.6 Å². The van der Waals surface area contributed by atoms with Crippen molar-refractivity contribution >= 4 is 23.3 Å². The van der Waals surface area contributed by atoms with Crippen LogP contribution in [0.1, 0.15) is 6.92 Å². The summed E-state index contributed by atoms with van der Waals surface area (Å²) in [5.41, 5.74) is 11.1. The molecule has 0 saturated heterocycles. The summed E-state index contributed by atoms with van der Waals surface area (Å²) in [4.78, 5) is 3.67. The predicted molar refractivity (Wildman–Crippen MR) is 64.6 cm³/mol. The number of nitrogens with one attached hydrogen (secondary N) is 1. The second-order valence-electron chi connectivity index (χ2n) is 2.32. The van der Waals surface area contributed by atoms with Crippen molar-refractivity contribution in [3.63, 3.8) is 0 Å². The predicted octanol–water partition coefficient (Wildman–Crippen LogP) is 0.780. The lowest BCUT2D eigenvalue weighted by molar-refractivity contribution is 1.18. The number of thiocarbonyl (C=S) groups is 1. The fraction of sp³-hybridized carbons (Fsp3) is 0.111. The molecule has 4 nitrogen and oxygen atoms in total. The van der Waals surface area contributed by atoms with E-state index in [0.717, 1.165) is 5.70 Å². The summed E-state index contributed by atoms with van der Waals surface area (Å²) < 4.78 is 0. The first-order chi connectivity index (χ1) is 6.60. The fourth-order valence-corrected chi connectivity index (χ4v) is 0.937. The minimum absolute atomic E-state index is 0.0686. The number of nitrogens with two attached hydrogens (primary N) is 2. The van der Waals surface area contributed by atoms with Crippen LogP contribution in [0, 0.1) is 0 Å². The summed E-state index contributed by atoms with van der Waals surface area (Å²) >= 11 is 4.87. The van der Waals surface area contributed by atoms with Crippen LogP contribution in [0.3, 0.4) is 0 Å². The molecule has 5 heteroatoms. The standard InChI is InChI=1S/C9H14N4S/c1-3-5-7(6-4-2)12-9(14)13-8(10)11/h3-6H,1H2,2H3,(H5,10,11,12,13,14)/b6-4-,7-5+. The number of hydrogen-bond donors (Lipinski definition) is 3. The van der Waals surface area contributed by atoms with Crippen LogP contribution < -0.4 is 16.8 Å². The third kappa shape index (κ3) is 5.96. The van der Waals surface area contributed by atoms with Crippen molar-refractivity contribution in [2.45, 2.75) is 6.92 Å². The highest BCUT2D eigenvalue weighted by Crippen LogP contribution is 1.93. The molecule has 0 aliphatic rings. The average molecular weight is 210 g/mol. The normalized spacial score (nSPS) is 11.1. The van der Waals surface area contributed by atoms with Gasteiger partial charge in [-0.15, -0.1) is 0 Å². The molecule has 0 heterocycles. The van der Waals surface area contributed by atoms with Crippen molar-refractivity contribution in [1.29, 1.82) is 0 Å². The molecule has 0 unspecified atom stereocenters. The molecule has 0 aliphatic carbocycles. The maximum atomic E-state index is 5.16. The highest BCUT2D eigenvalue weighted by Gasteiger charge is 1.94. The Labute approximate surface area is 89.1 Å². The van der Waals surface area contributed by atoms with Crippen LogP contribution >= 0.6 is 12.2 Å². The van der Waals surface area contributed by atoms with Crippen molar-refractivity contribution < 1.29 is 0 Å². The quantitative estimate of drug-likeness (QED) is 0.278. The van der Waals surface area contributed by atoms with Gasteiger partial charge in [-0.25, -0.2) is 0 Å². The Bertz CT molecular complexity index is 298. The van der Waals surface area contributed by atoms with Gasteiger partial charge >= 0.3 is 0 Å². The molecular weight excluding hydrogens is 196 g/mol. The maximum Gasteiger partial charge on any atom is 0.200 e. The lowest BCUT2D eigenvalue weighted by Crippen LogP contribution is -2.27. The molecule has 0 saturated carbocycles. The van der Waals surface area contributed by atoms with Gasteiger partial charge in [0.2, 0.25) is 5.11 Å². The first-order valence-corrected chi connectivity index (χ1v) is 4.37. The van der Waals surface area contributed by atoms with E-state index in [2.05, 4.69) is 16.9 Å². The molecule has 0 radical (unpaired) electrons. The lowest BCUT2D eigenvalue weighted by atomic mass is 10.3. The zero-order chi connectivity index (χ0) is 11.0. The molecule has 0 atom stereocenters. The van der Waals surface area contributed by atoms with Crippen molar-refractivity contribution in [3.8, 4) is 0 Å². The molecule has 0 aromatic carbocycles. The summed E-state index contributed by atoms with van der Waals surface area (Å²) in [5.74, 6) is -0.0686. The van der Waals surface area contributed by atoms with Crippen molar-refractivity contribution in [3.05, 3.63) is 36.6 Å². The van der Waals surface area contributed by atoms with Crippen LogP contribution in [-0.2, 0) is 0 Å². The van der Waals surface area contributed by atoms with E-state index in [1.807, 2.05) is 19.1 Å². The molecule has 0 amide bonds. The Hall–Kier alpha value is -1.62. The number of aliphatic imine (C=N–C) groups is 1. The molecule has 0 fully saturated rings. The van der Waals surface area contributed by atoms with Gasteiger partial charge in [0.15, 0.2) is 5.96 Å². The first kappa shape index (κ1) is 12.4. The first-order valence-electron chi connectivity index (χ1n) is 3.96. The second kappa shape index (κ2) is 6.85. The summed E-state index contributed by atoms with van der Waals surface area (Å²) in [6.07, 6.45) is 7.09. The van der Waals surface area contributed by atoms with E-state index in [1.165, 1.54) is 0 Å². The number of nitrogens with zero attached hydrogens (tertiary/aromatic N) is 1. The SMILES string of the molecule is C=C/C=C(\C=C/C)NC(=S)N=C(N)N. The molecular formula is C9H14N4S. The second-order valence-corrected chi connectivity index (χ2v) is 2.71. The zero-order valence-corrected chi connectivity index (χ0v) is 8.84. The Kier molecular flexibility index (Phi) is 6.06. The van der Waals surface area contributed by atoms with E-state index in [4.69, 9.17) is 23.7 Å². The number of allylic oxidation sites excluding steroid dienone is 4. The summed E-state index contributed by atoms with van der Waals surface area (Å²) in [6, 6.07) is 0. The van der Waals surface area contributed by atoms with Gasteiger partial charge in [0.05, 0.1) is 0 Å². The third-order valence-electron chi connectivity index (χ3n) is 1.13. The Morgan fingerprint density at radius 1 is 1.50 bits per heavy atom. The molecule has 0 rings (SSSR count). The summed E-state index contributed by atoms with van der Waals surface area (Å²) in [7, 11) is 0. The van der Waals surface area contributed by atoms with Crippen LogP contribution in [0.25, 0.3) is 0 Å². The van der Waals surface area contributed by atoms with Crippen molar-refractivity contribution in [2.75, 3.05) is 0 Å². The molecule has 0 bridgehead atoms. The van der Waals surface area contributed by atoms with E-state index in [0.29, 0.717) is 0 Å². The van der Waals surface area contributed by atoms with Gasteiger partial charge < -0.3 is 16.8 Å². The van der Waals surface area contributed by atoms with Gasteiger partial charge in [-0.2, -0.15) is 4.99 Å². The molecule has 0 aromatic rings. The van der Waals surface area contributed by atoms with Crippen LogP contribution in [0.5, 0.6) is 0 Å². The van der Waals surface area contributed by atoms with Crippen LogP contribution in [-0.4, -0.2) is 11.1 Å². The highest BCUT2D eigenvalue weighted by molar-refractivity contribution is 7.80. The Morgan fingerprint density at radius 2 is 2.14 bits per heavy atom. The minimum Gasteiger partial charge on any atom is -0.370 e. The van der Waals surface area contributed by atoms with E-state index in [9.17, 15) is 0 Å². The molecule has 76 valence electrons. The summed E-state index contributed by atoms with van der Waals surface area (Å²) in [5, 5.41) is 3.06. The van der Waals surface area contributed by atoms with Gasteiger partial charge in [0.1, 0.15) is 0 Å². The fourth-order valence-electron chi connectivity index (χ4n) is 0.714. The van der Waals surface area contributed by atoms with E-state index in [1.54, 1.807) is 12.2 Å². The minimum atomic E-state index is -0.0686. The van der Waals surface area contributed by atoms with Crippen molar-refractivity contribution in [1.82, 2.24) is 5.32 Å². The number of hydrogen-bond acceptors (Lipinski definition) is 1. The molecule has 5 N–H and O–H groups in total. The van der Waals surface area contributed by atoms with Gasteiger partial charge in [0, 0.05) is 5.70 Å². The van der Waals surface area contributed by atoms with Gasteiger partial charge in [-0.3, -0.25) is 0 Å². The Morgan fingerprint density at radius 3 is 2.57 bits per heavy atom. The third-order valence-corrected chi connectivity index (χ3v) is 1.32. The van der Waals surface area contributed by atoms with Gasteiger partial charge in [-0.1, -0.05) is 18.7 Å². The topological polar surface area (TPSA) is 76.4 Å².